The number of nitrogens with two attached hydrogens (primary N) is 1. The van der Waals surface area contributed by atoms with Crippen LogP contribution in [0.5, 0.6) is 5.75 Å². The van der Waals surface area contributed by atoms with Crippen molar-refractivity contribution in [3.05, 3.63) is 63.6 Å². The summed E-state index contributed by atoms with van der Waals surface area (Å²) in [5.74, 6) is 1.00. The molecule has 8 nitrogen and oxygen atoms in total. The molecule has 0 aliphatic carbocycles. The van der Waals surface area contributed by atoms with E-state index in [1.165, 1.54) is 17.2 Å². The van der Waals surface area contributed by atoms with E-state index in [1.807, 2.05) is 19.9 Å². The molecule has 8 heteroatoms. The lowest BCUT2D eigenvalue weighted by Crippen LogP contribution is -2.42. The average molecular weight is 558 g/mol. The normalized spacial score (nSPS) is 15.5. The number of aromatic amines is 1. The molecule has 0 saturated heterocycles. The second-order valence-electron chi connectivity index (χ2n) is 11.8. The van der Waals surface area contributed by atoms with Crippen molar-refractivity contribution in [2.45, 2.75) is 91.5 Å². The Balaban J connectivity index is 2.03. The number of hydrogen-bond acceptors (Lipinski definition) is 6. The van der Waals surface area contributed by atoms with Crippen LogP contribution in [0.2, 0.25) is 0 Å². The zero-order valence-electron chi connectivity index (χ0n) is 25.4. The SMILES string of the molecule is COc1ccc(C[C@@H](C[C@H](N)[C@@H](O)C[C@H](C(=O)NCc2cccc(=O)[nH]2)C(C)C)C(C)C)cc1CCC(C)OC. The highest BCUT2D eigenvalue weighted by Crippen LogP contribution is 2.29. The first-order chi connectivity index (χ1) is 18.9. The monoisotopic (exact) mass is 557 g/mol. The standard InChI is InChI=1S/C32H51N3O5/c1-20(2)25(16-23-12-14-30(40-7)24(15-23)13-11-22(5)39-6)17-28(33)29(36)18-27(21(3)4)32(38)34-19-26-9-8-10-31(37)35-26/h8-10,12,14-15,20-22,25,27-29,36H,11,13,16-19,33H2,1-7H3,(H,34,38)(H,35,37)/t22?,25-,27-,28-,29-/m0/s1. The number of pyridine rings is 1. The zero-order chi connectivity index (χ0) is 29.8. The molecule has 2 aromatic rings. The third-order valence-electron chi connectivity index (χ3n) is 8.00. The van der Waals surface area contributed by atoms with Crippen molar-refractivity contribution in [3.8, 4) is 5.75 Å². The van der Waals surface area contributed by atoms with E-state index in [0.717, 1.165) is 25.0 Å². The van der Waals surface area contributed by atoms with E-state index < -0.39 is 18.1 Å². The van der Waals surface area contributed by atoms with Gasteiger partial charge in [0.05, 0.1) is 25.9 Å². The maximum atomic E-state index is 13.0. The quantitative estimate of drug-likeness (QED) is 0.231. The number of aromatic nitrogens is 1. The van der Waals surface area contributed by atoms with Crippen LogP contribution in [0, 0.1) is 23.7 Å². The summed E-state index contributed by atoms with van der Waals surface area (Å²) in [7, 11) is 3.43. The summed E-state index contributed by atoms with van der Waals surface area (Å²) in [5.41, 5.74) is 9.37. The van der Waals surface area contributed by atoms with Crippen molar-refractivity contribution in [2.75, 3.05) is 14.2 Å². The minimum atomic E-state index is -0.808. The maximum absolute atomic E-state index is 13.0. The van der Waals surface area contributed by atoms with E-state index in [0.29, 0.717) is 18.0 Å². The van der Waals surface area contributed by atoms with Crippen molar-refractivity contribution < 1.29 is 19.4 Å². The third kappa shape index (κ3) is 10.7. The number of rotatable bonds is 17. The van der Waals surface area contributed by atoms with Crippen molar-refractivity contribution in [1.29, 1.82) is 0 Å². The van der Waals surface area contributed by atoms with Gasteiger partial charge in [0.1, 0.15) is 5.75 Å². The highest BCUT2D eigenvalue weighted by molar-refractivity contribution is 5.78. The van der Waals surface area contributed by atoms with Gasteiger partial charge in [0.25, 0.3) is 0 Å². The lowest BCUT2D eigenvalue weighted by atomic mass is 9.80. The Kier molecular flexibility index (Phi) is 13.9. The molecular formula is C32H51N3O5. The molecule has 5 N–H and O–H groups in total. The number of aliphatic hydroxyl groups excluding tert-OH is 1. The van der Waals surface area contributed by atoms with Crippen LogP contribution in [0.25, 0.3) is 0 Å². The number of carbonyl (C=O) groups excluding carboxylic acids is 1. The van der Waals surface area contributed by atoms with Gasteiger partial charge in [0, 0.05) is 30.8 Å². The van der Waals surface area contributed by atoms with E-state index >= 15 is 0 Å². The van der Waals surface area contributed by atoms with Crippen LogP contribution in [-0.4, -0.2) is 48.5 Å². The molecule has 1 aromatic heterocycles. The summed E-state index contributed by atoms with van der Waals surface area (Å²) in [6.45, 7) is 10.6. The van der Waals surface area contributed by atoms with Crippen LogP contribution in [0.4, 0.5) is 0 Å². The van der Waals surface area contributed by atoms with Gasteiger partial charge in [-0.1, -0.05) is 45.9 Å². The van der Waals surface area contributed by atoms with Gasteiger partial charge >= 0.3 is 0 Å². The van der Waals surface area contributed by atoms with Gasteiger partial charge < -0.3 is 30.6 Å². The molecule has 5 atom stereocenters. The number of hydrogen-bond donors (Lipinski definition) is 4. The third-order valence-corrected chi connectivity index (χ3v) is 8.00. The van der Waals surface area contributed by atoms with Gasteiger partial charge in [-0.05, 0) is 80.0 Å². The number of H-pyrrole nitrogens is 1. The fourth-order valence-corrected chi connectivity index (χ4v) is 5.06. The predicted molar refractivity (Wildman–Crippen MR) is 160 cm³/mol. The van der Waals surface area contributed by atoms with Gasteiger partial charge in [0.2, 0.25) is 11.5 Å². The number of nitrogens with one attached hydrogen (secondary N) is 2. The minimum absolute atomic E-state index is 0.0242. The smallest absolute Gasteiger partial charge is 0.248 e. The summed E-state index contributed by atoms with van der Waals surface area (Å²) in [5, 5.41) is 14.0. The van der Waals surface area contributed by atoms with Crippen molar-refractivity contribution in [3.63, 3.8) is 0 Å². The minimum Gasteiger partial charge on any atom is -0.496 e. The molecule has 1 amide bonds. The zero-order valence-corrected chi connectivity index (χ0v) is 25.4. The Morgan fingerprint density at radius 2 is 1.77 bits per heavy atom. The molecule has 1 aromatic carbocycles. The molecule has 0 bridgehead atoms. The molecule has 224 valence electrons. The van der Waals surface area contributed by atoms with Crippen LogP contribution >= 0.6 is 0 Å². The van der Waals surface area contributed by atoms with E-state index in [-0.39, 0.29) is 42.4 Å². The number of amides is 1. The number of aryl methyl sites for hydroxylation is 1. The first kappa shape index (κ1) is 33.5. The molecule has 0 aliphatic heterocycles. The Morgan fingerprint density at radius 3 is 2.38 bits per heavy atom. The number of benzene rings is 1. The molecule has 0 fully saturated rings. The fraction of sp³-hybridized carbons (Fsp3) is 0.625. The lowest BCUT2D eigenvalue weighted by molar-refractivity contribution is -0.127. The Morgan fingerprint density at radius 1 is 1.05 bits per heavy atom. The first-order valence-corrected chi connectivity index (χ1v) is 14.5. The first-order valence-electron chi connectivity index (χ1n) is 14.5. The molecule has 1 heterocycles. The van der Waals surface area contributed by atoms with E-state index in [4.69, 9.17) is 15.2 Å². The molecule has 0 radical (unpaired) electrons. The summed E-state index contributed by atoms with van der Waals surface area (Å²) in [6.07, 6.45) is 2.93. The Bertz CT molecular complexity index is 1100. The highest BCUT2D eigenvalue weighted by Gasteiger charge is 2.29. The molecule has 0 spiro atoms. The Labute approximate surface area is 240 Å². The van der Waals surface area contributed by atoms with Crippen molar-refractivity contribution >= 4 is 5.91 Å². The van der Waals surface area contributed by atoms with Crippen LogP contribution in [0.1, 0.15) is 70.7 Å². The number of ether oxygens (including phenoxy) is 2. The van der Waals surface area contributed by atoms with Gasteiger partial charge in [0.15, 0.2) is 0 Å². The average Bonchev–Trinajstić information content (AvgIpc) is 2.92. The van der Waals surface area contributed by atoms with Crippen molar-refractivity contribution in [2.24, 2.45) is 29.4 Å². The lowest BCUT2D eigenvalue weighted by Gasteiger charge is -2.30. The van der Waals surface area contributed by atoms with Gasteiger partial charge in [-0.15, -0.1) is 0 Å². The van der Waals surface area contributed by atoms with Gasteiger partial charge in [-0.2, -0.15) is 0 Å². The van der Waals surface area contributed by atoms with Crippen LogP contribution < -0.4 is 21.3 Å². The number of carbonyl (C=O) groups is 1. The fourth-order valence-electron chi connectivity index (χ4n) is 5.06. The molecule has 0 aliphatic rings. The second kappa shape index (κ2) is 16.6. The topological polar surface area (TPSA) is 127 Å². The summed E-state index contributed by atoms with van der Waals surface area (Å²) in [6, 6.07) is 10.8. The molecule has 40 heavy (non-hydrogen) atoms. The van der Waals surface area contributed by atoms with Gasteiger partial charge in [-0.3, -0.25) is 9.59 Å². The summed E-state index contributed by atoms with van der Waals surface area (Å²) < 4.78 is 11.0. The van der Waals surface area contributed by atoms with Gasteiger partial charge in [-0.25, -0.2) is 0 Å². The highest BCUT2D eigenvalue weighted by atomic mass is 16.5. The molecular weight excluding hydrogens is 506 g/mol. The summed E-state index contributed by atoms with van der Waals surface area (Å²) >= 11 is 0. The van der Waals surface area contributed by atoms with E-state index in [9.17, 15) is 14.7 Å². The Hall–Kier alpha value is -2.68. The second-order valence-corrected chi connectivity index (χ2v) is 11.8. The number of methoxy groups -OCH3 is 2. The van der Waals surface area contributed by atoms with Crippen LogP contribution in [0.3, 0.4) is 0 Å². The molecule has 0 saturated carbocycles. The van der Waals surface area contributed by atoms with Crippen molar-refractivity contribution in [1.82, 2.24) is 10.3 Å². The maximum Gasteiger partial charge on any atom is 0.248 e. The van der Waals surface area contributed by atoms with Crippen LogP contribution in [-0.2, 0) is 28.9 Å². The predicted octanol–water partition coefficient (Wildman–Crippen LogP) is 4.22. The van der Waals surface area contributed by atoms with Crippen LogP contribution in [0.15, 0.2) is 41.2 Å². The molecule has 2 rings (SSSR count). The summed E-state index contributed by atoms with van der Waals surface area (Å²) in [4.78, 5) is 27.2. The number of aliphatic hydroxyl groups is 1. The molecule has 1 unspecified atom stereocenters. The van der Waals surface area contributed by atoms with E-state index in [1.54, 1.807) is 26.4 Å². The largest absolute Gasteiger partial charge is 0.496 e. The van der Waals surface area contributed by atoms with E-state index in [2.05, 4.69) is 43.2 Å².